The number of benzene rings is 1. The van der Waals surface area contributed by atoms with Crippen molar-refractivity contribution in [1.29, 1.82) is 0 Å². The van der Waals surface area contributed by atoms with E-state index in [-0.39, 0.29) is 5.56 Å². The first-order valence-corrected chi connectivity index (χ1v) is 10.6. The number of nitrogens with one attached hydrogen (secondary N) is 1. The van der Waals surface area contributed by atoms with Crippen LogP contribution in [0.4, 0.5) is 0 Å². The predicted molar refractivity (Wildman–Crippen MR) is 113 cm³/mol. The van der Waals surface area contributed by atoms with E-state index in [1.54, 1.807) is 11.3 Å². The van der Waals surface area contributed by atoms with Crippen LogP contribution in [0.15, 0.2) is 29.1 Å². The molecule has 1 fully saturated rings. The SMILES string of the molecule is Cc1ccc(-c2c(C)sc3nc(CN(C)CC4CCCC4)[nH]c(=O)c23)cc1. The number of aromatic nitrogens is 2. The number of H-pyrrole nitrogens is 1. The lowest BCUT2D eigenvalue weighted by molar-refractivity contribution is 0.265. The smallest absolute Gasteiger partial charge is 0.260 e. The van der Waals surface area contributed by atoms with Crippen LogP contribution in [0.25, 0.3) is 21.3 Å². The molecule has 0 saturated heterocycles. The zero-order valence-electron chi connectivity index (χ0n) is 16.3. The van der Waals surface area contributed by atoms with Crippen LogP contribution in [0, 0.1) is 19.8 Å². The van der Waals surface area contributed by atoms with Crippen LogP contribution in [0.1, 0.15) is 41.9 Å². The fourth-order valence-electron chi connectivity index (χ4n) is 4.26. The molecule has 0 amide bonds. The van der Waals surface area contributed by atoms with Gasteiger partial charge in [0.1, 0.15) is 10.7 Å². The Morgan fingerprint density at radius 1 is 1.19 bits per heavy atom. The molecule has 1 saturated carbocycles. The highest BCUT2D eigenvalue weighted by Crippen LogP contribution is 2.35. The van der Waals surface area contributed by atoms with Crippen molar-refractivity contribution in [3.8, 4) is 11.1 Å². The van der Waals surface area contributed by atoms with Gasteiger partial charge in [0.15, 0.2) is 0 Å². The highest BCUT2D eigenvalue weighted by atomic mass is 32.1. The molecule has 4 rings (SSSR count). The zero-order valence-corrected chi connectivity index (χ0v) is 17.2. The van der Waals surface area contributed by atoms with Crippen molar-refractivity contribution in [3.63, 3.8) is 0 Å². The lowest BCUT2D eigenvalue weighted by Crippen LogP contribution is -2.26. The van der Waals surface area contributed by atoms with Gasteiger partial charge in [-0.2, -0.15) is 0 Å². The minimum absolute atomic E-state index is 0.0239. The van der Waals surface area contributed by atoms with E-state index in [0.717, 1.165) is 44.5 Å². The normalized spacial score (nSPS) is 15.3. The molecule has 5 heteroatoms. The lowest BCUT2D eigenvalue weighted by Gasteiger charge is -2.20. The van der Waals surface area contributed by atoms with E-state index in [4.69, 9.17) is 4.98 Å². The van der Waals surface area contributed by atoms with Crippen molar-refractivity contribution >= 4 is 21.6 Å². The molecular weight excluding hydrogens is 354 g/mol. The molecule has 4 nitrogen and oxygen atoms in total. The maximum absolute atomic E-state index is 12.9. The van der Waals surface area contributed by atoms with Crippen LogP contribution in [0.3, 0.4) is 0 Å². The maximum Gasteiger partial charge on any atom is 0.260 e. The van der Waals surface area contributed by atoms with Crippen molar-refractivity contribution in [1.82, 2.24) is 14.9 Å². The van der Waals surface area contributed by atoms with Gasteiger partial charge in [0, 0.05) is 17.0 Å². The Labute approximate surface area is 164 Å². The Morgan fingerprint density at radius 3 is 2.59 bits per heavy atom. The summed E-state index contributed by atoms with van der Waals surface area (Å²) >= 11 is 1.62. The van der Waals surface area contributed by atoms with Crippen LogP contribution >= 0.6 is 11.3 Å². The summed E-state index contributed by atoms with van der Waals surface area (Å²) in [6.07, 6.45) is 5.38. The molecule has 2 heterocycles. The molecule has 0 bridgehead atoms. The van der Waals surface area contributed by atoms with Crippen LogP contribution in [0.5, 0.6) is 0 Å². The van der Waals surface area contributed by atoms with Gasteiger partial charge >= 0.3 is 0 Å². The molecule has 0 aliphatic heterocycles. The van der Waals surface area contributed by atoms with E-state index in [9.17, 15) is 4.79 Å². The van der Waals surface area contributed by atoms with Gasteiger partial charge in [0.2, 0.25) is 0 Å². The molecule has 0 radical (unpaired) electrons. The fraction of sp³-hybridized carbons (Fsp3) is 0.455. The third kappa shape index (κ3) is 3.85. The van der Waals surface area contributed by atoms with Crippen molar-refractivity contribution in [2.45, 2.75) is 46.1 Å². The Morgan fingerprint density at radius 2 is 1.89 bits per heavy atom. The maximum atomic E-state index is 12.9. The summed E-state index contributed by atoms with van der Waals surface area (Å²) in [6.45, 7) is 5.93. The van der Waals surface area contributed by atoms with Gasteiger partial charge in [-0.25, -0.2) is 4.98 Å². The molecule has 1 N–H and O–H groups in total. The predicted octanol–water partition coefficient (Wildman–Crippen LogP) is 4.89. The zero-order chi connectivity index (χ0) is 19.0. The quantitative estimate of drug-likeness (QED) is 0.684. The summed E-state index contributed by atoms with van der Waals surface area (Å²) in [7, 11) is 2.12. The van der Waals surface area contributed by atoms with Gasteiger partial charge in [-0.15, -0.1) is 11.3 Å². The van der Waals surface area contributed by atoms with Crippen LogP contribution in [-0.2, 0) is 6.54 Å². The summed E-state index contributed by atoms with van der Waals surface area (Å²) in [5.41, 5.74) is 3.30. The van der Waals surface area contributed by atoms with Gasteiger partial charge in [-0.05, 0) is 45.2 Å². The third-order valence-corrected chi connectivity index (χ3v) is 6.59. The van der Waals surface area contributed by atoms with E-state index >= 15 is 0 Å². The summed E-state index contributed by atoms with van der Waals surface area (Å²) in [5, 5.41) is 0.726. The number of thiophene rings is 1. The number of aryl methyl sites for hydroxylation is 2. The number of aromatic amines is 1. The number of rotatable bonds is 5. The highest BCUT2D eigenvalue weighted by molar-refractivity contribution is 7.19. The van der Waals surface area contributed by atoms with E-state index in [2.05, 4.69) is 55.0 Å². The molecular formula is C22H27N3OS. The Bertz CT molecular complexity index is 997. The second-order valence-corrected chi connectivity index (χ2v) is 9.14. The fourth-order valence-corrected chi connectivity index (χ4v) is 5.32. The number of hydrogen-bond acceptors (Lipinski definition) is 4. The first-order chi connectivity index (χ1) is 13.0. The van der Waals surface area contributed by atoms with E-state index in [0.29, 0.717) is 6.54 Å². The number of hydrogen-bond donors (Lipinski definition) is 1. The molecule has 1 aliphatic rings. The number of fused-ring (bicyclic) bond motifs is 1. The van der Waals surface area contributed by atoms with Gasteiger partial charge < -0.3 is 4.98 Å². The first-order valence-electron chi connectivity index (χ1n) is 9.79. The summed E-state index contributed by atoms with van der Waals surface area (Å²) in [4.78, 5) is 25.0. The molecule has 2 aromatic heterocycles. The summed E-state index contributed by atoms with van der Waals surface area (Å²) < 4.78 is 0. The molecule has 1 aromatic carbocycles. The van der Waals surface area contributed by atoms with Crippen molar-refractivity contribution < 1.29 is 0 Å². The minimum Gasteiger partial charge on any atom is -0.309 e. The van der Waals surface area contributed by atoms with E-state index in [1.807, 2.05) is 0 Å². The molecule has 0 spiro atoms. The van der Waals surface area contributed by atoms with E-state index < -0.39 is 0 Å². The highest BCUT2D eigenvalue weighted by Gasteiger charge is 2.19. The van der Waals surface area contributed by atoms with Crippen LogP contribution in [-0.4, -0.2) is 28.5 Å². The van der Waals surface area contributed by atoms with Gasteiger partial charge in [-0.3, -0.25) is 9.69 Å². The Balaban J connectivity index is 1.64. The Kier molecular flexibility index (Phi) is 5.15. The average molecular weight is 382 g/mol. The molecule has 1 aliphatic carbocycles. The van der Waals surface area contributed by atoms with Crippen molar-refractivity contribution in [2.24, 2.45) is 5.92 Å². The van der Waals surface area contributed by atoms with Crippen LogP contribution in [0.2, 0.25) is 0 Å². The van der Waals surface area contributed by atoms with Gasteiger partial charge in [0.25, 0.3) is 5.56 Å². The summed E-state index contributed by atoms with van der Waals surface area (Å²) in [5.74, 6) is 1.56. The second-order valence-electron chi connectivity index (χ2n) is 7.94. The molecule has 0 unspecified atom stereocenters. The molecule has 0 atom stereocenters. The molecule has 27 heavy (non-hydrogen) atoms. The summed E-state index contributed by atoms with van der Waals surface area (Å²) in [6, 6.07) is 8.36. The lowest BCUT2D eigenvalue weighted by atomic mass is 10.0. The van der Waals surface area contributed by atoms with Gasteiger partial charge in [0.05, 0.1) is 11.9 Å². The van der Waals surface area contributed by atoms with Crippen LogP contribution < -0.4 is 5.56 Å². The Hall–Kier alpha value is -1.98. The average Bonchev–Trinajstić information content (AvgIpc) is 3.23. The largest absolute Gasteiger partial charge is 0.309 e. The molecule has 3 aromatic rings. The standard InChI is InChI=1S/C22H27N3OS/c1-14-8-10-17(11-9-14)19-15(2)27-22-20(19)21(26)23-18(24-22)13-25(3)12-16-6-4-5-7-16/h8-11,16H,4-7,12-13H2,1-3H3,(H,23,24,26). The first kappa shape index (κ1) is 18.4. The second kappa shape index (κ2) is 7.56. The van der Waals surface area contributed by atoms with E-state index in [1.165, 1.54) is 31.2 Å². The topological polar surface area (TPSA) is 49.0 Å². The number of nitrogens with zero attached hydrogens (tertiary/aromatic N) is 2. The third-order valence-electron chi connectivity index (χ3n) is 5.59. The van der Waals surface area contributed by atoms with Crippen molar-refractivity contribution in [2.75, 3.05) is 13.6 Å². The van der Waals surface area contributed by atoms with Gasteiger partial charge in [-0.1, -0.05) is 42.7 Å². The monoisotopic (exact) mass is 381 g/mol. The van der Waals surface area contributed by atoms with Crippen molar-refractivity contribution in [3.05, 3.63) is 50.9 Å². The minimum atomic E-state index is -0.0239. The molecule has 142 valence electrons.